The van der Waals surface area contributed by atoms with Gasteiger partial charge >= 0.3 is 5.97 Å². The Balaban J connectivity index is 1.74. The van der Waals surface area contributed by atoms with Gasteiger partial charge in [0.25, 0.3) is 0 Å². The summed E-state index contributed by atoms with van der Waals surface area (Å²) in [5, 5.41) is 8.76. The predicted molar refractivity (Wildman–Crippen MR) is 63.4 cm³/mol. The molecule has 1 aliphatic heterocycles. The number of carbonyl (C=O) groups is 1. The van der Waals surface area contributed by atoms with Gasteiger partial charge in [0.1, 0.15) is 0 Å². The van der Waals surface area contributed by atoms with Crippen LogP contribution in [0.15, 0.2) is 0 Å². The fourth-order valence-corrected chi connectivity index (χ4v) is 3.28. The van der Waals surface area contributed by atoms with E-state index < -0.39 is 5.97 Å². The Hall–Kier alpha value is -0.570. The van der Waals surface area contributed by atoms with Crippen molar-refractivity contribution in [3.63, 3.8) is 0 Å². The van der Waals surface area contributed by atoms with Crippen LogP contribution in [0, 0.1) is 11.8 Å². The standard InChI is InChI=1S/C13H23NO2/c1-10-2-3-12(8-10)14-6-4-11(5-7-14)9-13(15)16/h10-12H,2-9H2,1H3,(H,15,16). The zero-order valence-electron chi connectivity index (χ0n) is 10.2. The minimum absolute atomic E-state index is 0.370. The summed E-state index contributed by atoms with van der Waals surface area (Å²) < 4.78 is 0. The molecule has 1 saturated heterocycles. The molecule has 0 aromatic rings. The molecule has 3 nitrogen and oxygen atoms in total. The summed E-state index contributed by atoms with van der Waals surface area (Å²) in [4.78, 5) is 13.2. The first-order valence-electron chi connectivity index (χ1n) is 6.61. The third kappa shape index (κ3) is 2.97. The Bertz CT molecular complexity index is 246. The molecule has 16 heavy (non-hydrogen) atoms. The lowest BCUT2D eigenvalue weighted by Gasteiger charge is -2.35. The number of piperidine rings is 1. The van der Waals surface area contributed by atoms with Gasteiger partial charge in [-0.3, -0.25) is 4.79 Å². The van der Waals surface area contributed by atoms with Crippen molar-refractivity contribution < 1.29 is 9.90 Å². The van der Waals surface area contributed by atoms with Crippen LogP contribution in [-0.4, -0.2) is 35.1 Å². The van der Waals surface area contributed by atoms with Crippen molar-refractivity contribution >= 4 is 5.97 Å². The van der Waals surface area contributed by atoms with Crippen LogP contribution in [0.2, 0.25) is 0 Å². The second kappa shape index (κ2) is 5.17. The molecule has 0 aromatic carbocycles. The Morgan fingerprint density at radius 1 is 1.25 bits per heavy atom. The quantitative estimate of drug-likeness (QED) is 0.801. The van der Waals surface area contributed by atoms with E-state index in [9.17, 15) is 4.79 Å². The number of hydrogen-bond donors (Lipinski definition) is 1. The number of hydrogen-bond acceptors (Lipinski definition) is 2. The molecule has 2 unspecified atom stereocenters. The molecule has 2 atom stereocenters. The van der Waals surface area contributed by atoms with Crippen LogP contribution < -0.4 is 0 Å². The van der Waals surface area contributed by atoms with Crippen LogP contribution in [0.1, 0.15) is 45.4 Å². The molecular formula is C13H23NO2. The van der Waals surface area contributed by atoms with Gasteiger partial charge in [0.15, 0.2) is 0 Å². The van der Waals surface area contributed by atoms with E-state index in [1.165, 1.54) is 19.3 Å². The highest BCUT2D eigenvalue weighted by Crippen LogP contribution is 2.32. The minimum atomic E-state index is -0.632. The molecule has 3 heteroatoms. The van der Waals surface area contributed by atoms with E-state index in [1.54, 1.807) is 0 Å². The fourth-order valence-electron chi connectivity index (χ4n) is 3.28. The van der Waals surface area contributed by atoms with Gasteiger partial charge in [-0.2, -0.15) is 0 Å². The van der Waals surface area contributed by atoms with Crippen LogP contribution in [0.3, 0.4) is 0 Å². The van der Waals surface area contributed by atoms with Crippen molar-refractivity contribution in [3.8, 4) is 0 Å². The lowest BCUT2D eigenvalue weighted by atomic mass is 9.92. The molecule has 1 heterocycles. The van der Waals surface area contributed by atoms with Crippen LogP contribution in [-0.2, 0) is 4.79 Å². The molecule has 0 radical (unpaired) electrons. The highest BCUT2D eigenvalue weighted by molar-refractivity contribution is 5.67. The Morgan fingerprint density at radius 3 is 2.44 bits per heavy atom. The van der Waals surface area contributed by atoms with Crippen LogP contribution in [0.4, 0.5) is 0 Å². The number of aliphatic carboxylic acids is 1. The maximum Gasteiger partial charge on any atom is 0.303 e. The molecule has 2 fully saturated rings. The molecule has 0 spiro atoms. The van der Waals surface area contributed by atoms with Crippen LogP contribution in [0.5, 0.6) is 0 Å². The third-order valence-electron chi connectivity index (χ3n) is 4.30. The van der Waals surface area contributed by atoms with E-state index in [2.05, 4.69) is 11.8 Å². The second-order valence-electron chi connectivity index (χ2n) is 5.65. The van der Waals surface area contributed by atoms with Crippen LogP contribution in [0.25, 0.3) is 0 Å². The van der Waals surface area contributed by atoms with Gasteiger partial charge < -0.3 is 10.0 Å². The summed E-state index contributed by atoms with van der Waals surface area (Å²) in [6.45, 7) is 4.59. The van der Waals surface area contributed by atoms with E-state index in [-0.39, 0.29) is 0 Å². The van der Waals surface area contributed by atoms with Crippen molar-refractivity contribution in [2.45, 2.75) is 51.5 Å². The molecule has 0 amide bonds. The molecule has 2 rings (SSSR count). The van der Waals surface area contributed by atoms with Gasteiger partial charge in [0.2, 0.25) is 0 Å². The van der Waals surface area contributed by atoms with Gasteiger partial charge in [0.05, 0.1) is 0 Å². The average Bonchev–Trinajstić information content (AvgIpc) is 2.65. The van der Waals surface area contributed by atoms with Crippen molar-refractivity contribution in [2.75, 3.05) is 13.1 Å². The fraction of sp³-hybridized carbons (Fsp3) is 0.923. The molecule has 1 N–H and O–H groups in total. The highest BCUT2D eigenvalue weighted by atomic mass is 16.4. The zero-order chi connectivity index (χ0) is 11.5. The van der Waals surface area contributed by atoms with Gasteiger partial charge in [-0.25, -0.2) is 0 Å². The van der Waals surface area contributed by atoms with E-state index in [0.717, 1.165) is 37.9 Å². The van der Waals surface area contributed by atoms with Gasteiger partial charge in [-0.05, 0) is 57.0 Å². The van der Waals surface area contributed by atoms with Crippen molar-refractivity contribution in [1.29, 1.82) is 0 Å². The first-order valence-corrected chi connectivity index (χ1v) is 6.61. The predicted octanol–water partition coefficient (Wildman–Crippen LogP) is 2.36. The van der Waals surface area contributed by atoms with Crippen molar-refractivity contribution in [1.82, 2.24) is 4.90 Å². The minimum Gasteiger partial charge on any atom is -0.481 e. The lowest BCUT2D eigenvalue weighted by Crippen LogP contribution is -2.40. The van der Waals surface area contributed by atoms with E-state index in [1.807, 2.05) is 0 Å². The number of carboxylic acid groups (broad SMARTS) is 1. The molecule has 2 aliphatic rings. The summed E-state index contributed by atoms with van der Waals surface area (Å²) in [5.41, 5.74) is 0. The summed E-state index contributed by atoms with van der Waals surface area (Å²) in [6.07, 6.45) is 6.61. The van der Waals surface area contributed by atoms with Crippen LogP contribution >= 0.6 is 0 Å². The third-order valence-corrected chi connectivity index (χ3v) is 4.30. The monoisotopic (exact) mass is 225 g/mol. The molecule has 1 aliphatic carbocycles. The summed E-state index contributed by atoms with van der Waals surface area (Å²) in [6, 6.07) is 0.792. The van der Waals surface area contributed by atoms with E-state index in [4.69, 9.17) is 5.11 Å². The normalized spacial score (nSPS) is 33.1. The number of rotatable bonds is 3. The highest BCUT2D eigenvalue weighted by Gasteiger charge is 2.30. The maximum atomic E-state index is 10.6. The number of likely N-dealkylation sites (tertiary alicyclic amines) is 1. The Labute approximate surface area is 97.8 Å². The topological polar surface area (TPSA) is 40.5 Å². The number of nitrogens with zero attached hydrogens (tertiary/aromatic N) is 1. The van der Waals surface area contributed by atoms with E-state index in [0.29, 0.717) is 12.3 Å². The van der Waals surface area contributed by atoms with Crippen molar-refractivity contribution in [2.24, 2.45) is 11.8 Å². The van der Waals surface area contributed by atoms with Crippen molar-refractivity contribution in [3.05, 3.63) is 0 Å². The maximum absolute atomic E-state index is 10.6. The smallest absolute Gasteiger partial charge is 0.303 e. The summed E-state index contributed by atoms with van der Waals surface area (Å²) in [5.74, 6) is 0.683. The van der Waals surface area contributed by atoms with E-state index >= 15 is 0 Å². The molecule has 0 aromatic heterocycles. The lowest BCUT2D eigenvalue weighted by molar-refractivity contribution is -0.138. The molecule has 1 saturated carbocycles. The molecular weight excluding hydrogens is 202 g/mol. The first-order chi connectivity index (χ1) is 7.65. The molecule has 92 valence electrons. The summed E-state index contributed by atoms with van der Waals surface area (Å²) >= 11 is 0. The second-order valence-corrected chi connectivity index (χ2v) is 5.65. The molecule has 0 bridgehead atoms. The summed E-state index contributed by atoms with van der Waals surface area (Å²) in [7, 11) is 0. The first kappa shape index (κ1) is 11.9. The largest absolute Gasteiger partial charge is 0.481 e. The number of carboxylic acids is 1. The Kier molecular flexibility index (Phi) is 3.85. The zero-order valence-corrected chi connectivity index (χ0v) is 10.2. The SMILES string of the molecule is CC1CCC(N2CCC(CC(=O)O)CC2)C1. The average molecular weight is 225 g/mol. The van der Waals surface area contributed by atoms with Gasteiger partial charge in [-0.1, -0.05) is 6.92 Å². The van der Waals surface area contributed by atoms with Gasteiger partial charge in [-0.15, -0.1) is 0 Å². The van der Waals surface area contributed by atoms with Gasteiger partial charge in [0, 0.05) is 12.5 Å². The Morgan fingerprint density at radius 2 is 1.94 bits per heavy atom.